The van der Waals surface area contributed by atoms with Crippen molar-refractivity contribution in [3.63, 3.8) is 0 Å². The molecule has 0 aliphatic carbocycles. The van der Waals surface area contributed by atoms with E-state index in [1.807, 2.05) is 24.3 Å². The molecule has 0 aliphatic rings. The van der Waals surface area contributed by atoms with E-state index in [2.05, 4.69) is 15.9 Å². The average molecular weight is 245 g/mol. The fourth-order valence-corrected chi connectivity index (χ4v) is 1.36. The van der Waals surface area contributed by atoms with Crippen molar-refractivity contribution in [2.75, 3.05) is 13.2 Å². The lowest BCUT2D eigenvalue weighted by atomic mass is 10.2. The van der Waals surface area contributed by atoms with Gasteiger partial charge in [0.15, 0.2) is 0 Å². The van der Waals surface area contributed by atoms with Crippen LogP contribution in [0.5, 0.6) is 0 Å². The summed E-state index contributed by atoms with van der Waals surface area (Å²) in [7, 11) is 0. The molecule has 0 amide bonds. The first-order valence-corrected chi connectivity index (χ1v) is 5.06. The maximum atomic E-state index is 8.53. The van der Waals surface area contributed by atoms with Crippen LogP contribution < -0.4 is 0 Å². The number of aliphatic hydroxyl groups is 1. The number of halogens is 1. The summed E-state index contributed by atoms with van der Waals surface area (Å²) in [5, 5.41) is 8.53. The predicted octanol–water partition coefficient (Wildman–Crippen LogP) is 2.35. The fourth-order valence-electron chi connectivity index (χ4n) is 0.964. The van der Waals surface area contributed by atoms with Crippen LogP contribution in [-0.2, 0) is 11.3 Å². The zero-order chi connectivity index (χ0) is 9.52. The summed E-state index contributed by atoms with van der Waals surface area (Å²) in [4.78, 5) is 0. The van der Waals surface area contributed by atoms with Gasteiger partial charge in [-0.25, -0.2) is 0 Å². The molecule has 0 aliphatic heterocycles. The molecule has 1 N–H and O–H groups in total. The average Bonchev–Trinajstić information content (AvgIpc) is 2.15. The van der Waals surface area contributed by atoms with E-state index in [4.69, 9.17) is 9.84 Å². The van der Waals surface area contributed by atoms with Crippen LogP contribution in [0.25, 0.3) is 0 Å². The molecule has 0 atom stereocenters. The summed E-state index contributed by atoms with van der Waals surface area (Å²) in [6.45, 7) is 1.40. The van der Waals surface area contributed by atoms with Gasteiger partial charge in [0, 0.05) is 17.7 Å². The monoisotopic (exact) mass is 244 g/mol. The van der Waals surface area contributed by atoms with Gasteiger partial charge in [0.25, 0.3) is 0 Å². The normalized spacial score (nSPS) is 10.3. The summed E-state index contributed by atoms with van der Waals surface area (Å²) >= 11 is 3.44. The van der Waals surface area contributed by atoms with Crippen LogP contribution in [-0.4, -0.2) is 18.3 Å². The van der Waals surface area contributed by atoms with Gasteiger partial charge in [0.2, 0.25) is 0 Å². The Kier molecular flexibility index (Phi) is 5.05. The van der Waals surface area contributed by atoms with Crippen LogP contribution in [0.4, 0.5) is 0 Å². The third-order valence-electron chi connectivity index (χ3n) is 1.66. The van der Waals surface area contributed by atoms with Gasteiger partial charge in [-0.15, -0.1) is 0 Å². The molecule has 0 heterocycles. The van der Waals surface area contributed by atoms with E-state index in [9.17, 15) is 0 Å². The van der Waals surface area contributed by atoms with E-state index in [0.29, 0.717) is 19.6 Å². The molecule has 1 aromatic rings. The molecular formula is C10H13BrO2. The minimum Gasteiger partial charge on any atom is -0.396 e. The largest absolute Gasteiger partial charge is 0.396 e. The first-order valence-electron chi connectivity index (χ1n) is 4.26. The summed E-state index contributed by atoms with van der Waals surface area (Å²) in [5.41, 5.74) is 1.14. The predicted molar refractivity (Wildman–Crippen MR) is 55.5 cm³/mol. The Labute approximate surface area is 86.7 Å². The Balaban J connectivity index is 2.32. The molecule has 0 aromatic heterocycles. The number of rotatable bonds is 5. The first-order chi connectivity index (χ1) is 6.34. The zero-order valence-electron chi connectivity index (χ0n) is 7.37. The summed E-state index contributed by atoms with van der Waals surface area (Å²) < 4.78 is 6.42. The molecule has 2 nitrogen and oxygen atoms in total. The molecule has 0 fully saturated rings. The molecule has 72 valence electrons. The van der Waals surface area contributed by atoms with Crippen LogP contribution in [0.3, 0.4) is 0 Å². The lowest BCUT2D eigenvalue weighted by Crippen LogP contribution is -1.98. The van der Waals surface area contributed by atoms with Crippen molar-refractivity contribution in [3.8, 4) is 0 Å². The standard InChI is InChI=1S/C10H13BrO2/c11-10-5-2-1-4-9(10)8-13-7-3-6-12/h1-2,4-5,12H,3,6-8H2. The van der Waals surface area contributed by atoms with Crippen molar-refractivity contribution in [2.24, 2.45) is 0 Å². The third-order valence-corrected chi connectivity index (χ3v) is 2.44. The Morgan fingerprint density at radius 2 is 2.08 bits per heavy atom. The van der Waals surface area contributed by atoms with Crippen molar-refractivity contribution in [1.82, 2.24) is 0 Å². The molecule has 0 saturated heterocycles. The quantitative estimate of drug-likeness (QED) is 0.807. The second kappa shape index (κ2) is 6.13. The molecule has 0 bridgehead atoms. The number of benzene rings is 1. The van der Waals surface area contributed by atoms with Gasteiger partial charge in [-0.3, -0.25) is 0 Å². The minimum atomic E-state index is 0.190. The van der Waals surface area contributed by atoms with Gasteiger partial charge in [-0.1, -0.05) is 34.1 Å². The second-order valence-electron chi connectivity index (χ2n) is 2.72. The van der Waals surface area contributed by atoms with Crippen molar-refractivity contribution in [3.05, 3.63) is 34.3 Å². The molecule has 1 rings (SSSR count). The van der Waals surface area contributed by atoms with Gasteiger partial charge in [0.1, 0.15) is 0 Å². The number of ether oxygens (including phenoxy) is 1. The first kappa shape index (κ1) is 10.7. The fraction of sp³-hybridized carbons (Fsp3) is 0.400. The lowest BCUT2D eigenvalue weighted by Gasteiger charge is -2.04. The van der Waals surface area contributed by atoms with Crippen molar-refractivity contribution >= 4 is 15.9 Å². The molecule has 0 saturated carbocycles. The minimum absolute atomic E-state index is 0.190. The van der Waals surface area contributed by atoms with E-state index in [0.717, 1.165) is 10.0 Å². The van der Waals surface area contributed by atoms with Gasteiger partial charge >= 0.3 is 0 Å². The van der Waals surface area contributed by atoms with Crippen LogP contribution in [0.15, 0.2) is 28.7 Å². The van der Waals surface area contributed by atoms with Crippen LogP contribution >= 0.6 is 15.9 Å². The highest BCUT2D eigenvalue weighted by Gasteiger charge is 1.97. The third kappa shape index (κ3) is 3.89. The van der Waals surface area contributed by atoms with Gasteiger partial charge in [0.05, 0.1) is 6.61 Å². The van der Waals surface area contributed by atoms with E-state index in [1.165, 1.54) is 0 Å². The van der Waals surface area contributed by atoms with Crippen molar-refractivity contribution in [2.45, 2.75) is 13.0 Å². The molecule has 3 heteroatoms. The Hall–Kier alpha value is -0.380. The Bertz CT molecular complexity index is 250. The second-order valence-corrected chi connectivity index (χ2v) is 3.58. The number of hydrogen-bond acceptors (Lipinski definition) is 2. The SMILES string of the molecule is OCCCOCc1ccccc1Br. The van der Waals surface area contributed by atoms with E-state index in [-0.39, 0.29) is 6.61 Å². The van der Waals surface area contributed by atoms with Crippen LogP contribution in [0.1, 0.15) is 12.0 Å². The van der Waals surface area contributed by atoms with Gasteiger partial charge in [-0.2, -0.15) is 0 Å². The highest BCUT2D eigenvalue weighted by atomic mass is 79.9. The zero-order valence-corrected chi connectivity index (χ0v) is 8.96. The van der Waals surface area contributed by atoms with Gasteiger partial charge in [-0.05, 0) is 18.1 Å². The summed E-state index contributed by atoms with van der Waals surface area (Å²) in [6, 6.07) is 7.96. The van der Waals surface area contributed by atoms with E-state index < -0.39 is 0 Å². The molecule has 1 aromatic carbocycles. The van der Waals surface area contributed by atoms with Crippen LogP contribution in [0, 0.1) is 0 Å². The van der Waals surface area contributed by atoms with E-state index in [1.54, 1.807) is 0 Å². The molecule has 13 heavy (non-hydrogen) atoms. The van der Waals surface area contributed by atoms with Crippen molar-refractivity contribution < 1.29 is 9.84 Å². The summed E-state index contributed by atoms with van der Waals surface area (Å²) in [5.74, 6) is 0. The number of aliphatic hydroxyl groups excluding tert-OH is 1. The maximum Gasteiger partial charge on any atom is 0.0727 e. The lowest BCUT2D eigenvalue weighted by molar-refractivity contribution is 0.104. The van der Waals surface area contributed by atoms with Gasteiger partial charge < -0.3 is 9.84 Å². The Morgan fingerprint density at radius 1 is 1.31 bits per heavy atom. The highest BCUT2D eigenvalue weighted by molar-refractivity contribution is 9.10. The molecule has 0 spiro atoms. The summed E-state index contributed by atoms with van der Waals surface area (Å²) in [6.07, 6.45) is 0.699. The maximum absolute atomic E-state index is 8.53. The smallest absolute Gasteiger partial charge is 0.0727 e. The Morgan fingerprint density at radius 3 is 2.77 bits per heavy atom. The molecular weight excluding hydrogens is 232 g/mol. The van der Waals surface area contributed by atoms with Crippen molar-refractivity contribution in [1.29, 1.82) is 0 Å². The topological polar surface area (TPSA) is 29.5 Å². The van der Waals surface area contributed by atoms with Crippen LogP contribution in [0.2, 0.25) is 0 Å². The molecule has 0 radical (unpaired) electrons. The highest BCUT2D eigenvalue weighted by Crippen LogP contribution is 2.16. The molecule has 0 unspecified atom stereocenters. The number of hydrogen-bond donors (Lipinski definition) is 1. The van der Waals surface area contributed by atoms with E-state index >= 15 is 0 Å².